The number of hydrogen-bond acceptors (Lipinski definition) is 5. The number of carbonyl (C=O) groups excluding carboxylic acids is 3. The third-order valence-corrected chi connectivity index (χ3v) is 7.79. The first kappa shape index (κ1) is 25.2. The van der Waals surface area contributed by atoms with E-state index in [1.807, 2.05) is 20.8 Å². The molecule has 1 unspecified atom stereocenters. The van der Waals surface area contributed by atoms with Gasteiger partial charge in [-0.2, -0.15) is 0 Å². The zero-order chi connectivity index (χ0) is 24.4. The molecule has 2 aliphatic heterocycles. The van der Waals surface area contributed by atoms with E-state index in [1.54, 1.807) is 28.9 Å². The minimum Gasteiger partial charge on any atom is -0.342 e. The van der Waals surface area contributed by atoms with Crippen LogP contribution in [0.25, 0.3) is 0 Å². The van der Waals surface area contributed by atoms with Gasteiger partial charge in [0.25, 0.3) is 0 Å². The molecule has 1 aromatic carbocycles. The van der Waals surface area contributed by atoms with Crippen LogP contribution >= 0.6 is 0 Å². The third-order valence-electron chi connectivity index (χ3n) is 6.23. The Labute approximate surface area is 195 Å². The number of nitrogens with one attached hydrogen (secondary N) is 2. The molecule has 2 saturated heterocycles. The molecule has 2 N–H and O–H groups in total. The van der Waals surface area contributed by atoms with Crippen molar-refractivity contribution in [2.45, 2.75) is 57.4 Å². The van der Waals surface area contributed by atoms with E-state index in [0.717, 1.165) is 0 Å². The number of carbonyl (C=O) groups is 3. The fourth-order valence-electron chi connectivity index (χ4n) is 4.38. The zero-order valence-electron chi connectivity index (χ0n) is 19.8. The maximum atomic E-state index is 12.9. The van der Waals surface area contributed by atoms with Gasteiger partial charge < -0.3 is 15.1 Å². The average molecular weight is 479 g/mol. The summed E-state index contributed by atoms with van der Waals surface area (Å²) >= 11 is 0. The van der Waals surface area contributed by atoms with E-state index in [9.17, 15) is 22.8 Å². The highest BCUT2D eigenvalue weighted by Crippen LogP contribution is 2.29. The van der Waals surface area contributed by atoms with Gasteiger partial charge in [-0.15, -0.1) is 0 Å². The Morgan fingerprint density at radius 3 is 2.18 bits per heavy atom. The number of anilines is 1. The van der Waals surface area contributed by atoms with Crippen molar-refractivity contribution in [3.8, 4) is 0 Å². The Hall–Kier alpha value is -2.46. The summed E-state index contributed by atoms with van der Waals surface area (Å²) in [6, 6.07) is 6.05. The molecule has 3 amide bonds. The van der Waals surface area contributed by atoms with Crippen molar-refractivity contribution in [2.24, 2.45) is 11.8 Å². The molecule has 2 fully saturated rings. The second-order valence-corrected chi connectivity index (χ2v) is 11.5. The molecule has 2 aliphatic rings. The molecular weight excluding hydrogens is 444 g/mol. The van der Waals surface area contributed by atoms with Crippen molar-refractivity contribution < 1.29 is 22.8 Å². The van der Waals surface area contributed by atoms with Crippen molar-refractivity contribution in [1.82, 2.24) is 14.5 Å². The highest BCUT2D eigenvalue weighted by atomic mass is 32.2. The summed E-state index contributed by atoms with van der Waals surface area (Å²) in [6.07, 6.45) is 1.35. The average Bonchev–Trinajstić information content (AvgIpc) is 3.16. The number of piperidine rings is 1. The Balaban J connectivity index is 1.51. The van der Waals surface area contributed by atoms with Crippen LogP contribution in [-0.4, -0.2) is 67.7 Å². The lowest BCUT2D eigenvalue weighted by Crippen LogP contribution is -2.46. The van der Waals surface area contributed by atoms with E-state index >= 15 is 0 Å². The van der Waals surface area contributed by atoms with E-state index < -0.39 is 10.0 Å². The Morgan fingerprint density at radius 1 is 1.06 bits per heavy atom. The maximum Gasteiger partial charge on any atom is 0.240 e. The van der Waals surface area contributed by atoms with Crippen molar-refractivity contribution in [1.29, 1.82) is 0 Å². The van der Waals surface area contributed by atoms with Gasteiger partial charge in [-0.3, -0.25) is 14.4 Å². The lowest BCUT2D eigenvalue weighted by Gasteiger charge is -2.34. The molecule has 0 aliphatic carbocycles. The molecule has 0 radical (unpaired) electrons. The summed E-state index contributed by atoms with van der Waals surface area (Å²) in [4.78, 5) is 41.6. The van der Waals surface area contributed by atoms with Gasteiger partial charge in [-0.1, -0.05) is 6.92 Å². The number of sulfonamides is 1. The second kappa shape index (κ2) is 9.80. The molecule has 0 spiro atoms. The maximum absolute atomic E-state index is 12.9. The number of amides is 3. The SMILES string of the molecule is CCNS(=O)(=O)c1ccc(NC(=O)C2CCN(C(=O)C3CC(=O)N(C(C)(C)C)C3)CC2)cc1. The molecule has 0 bridgehead atoms. The van der Waals surface area contributed by atoms with E-state index in [0.29, 0.717) is 44.7 Å². The molecule has 2 heterocycles. The molecule has 182 valence electrons. The molecule has 33 heavy (non-hydrogen) atoms. The third kappa shape index (κ3) is 5.92. The lowest BCUT2D eigenvalue weighted by molar-refractivity contribution is -0.138. The van der Waals surface area contributed by atoms with Gasteiger partial charge in [-0.05, 0) is 57.9 Å². The monoisotopic (exact) mass is 478 g/mol. The summed E-state index contributed by atoms with van der Waals surface area (Å²) in [7, 11) is -3.54. The van der Waals surface area contributed by atoms with E-state index in [2.05, 4.69) is 10.0 Å². The van der Waals surface area contributed by atoms with Crippen LogP contribution in [0.15, 0.2) is 29.2 Å². The van der Waals surface area contributed by atoms with Gasteiger partial charge in [0.05, 0.1) is 10.8 Å². The van der Waals surface area contributed by atoms with Crippen LogP contribution in [0.3, 0.4) is 0 Å². The molecule has 1 aromatic rings. The summed E-state index contributed by atoms with van der Waals surface area (Å²) in [5.74, 6) is -0.681. The predicted molar refractivity (Wildman–Crippen MR) is 125 cm³/mol. The normalized spacial score (nSPS) is 20.2. The number of nitrogens with zero attached hydrogens (tertiary/aromatic N) is 2. The Morgan fingerprint density at radius 2 is 1.67 bits per heavy atom. The minimum absolute atomic E-state index is 0.00792. The fraction of sp³-hybridized carbons (Fsp3) is 0.609. The Bertz CT molecular complexity index is 993. The van der Waals surface area contributed by atoms with Gasteiger partial charge >= 0.3 is 0 Å². The molecule has 10 heteroatoms. The van der Waals surface area contributed by atoms with Crippen molar-refractivity contribution in [2.75, 3.05) is 31.5 Å². The van der Waals surface area contributed by atoms with Crippen LogP contribution in [0, 0.1) is 11.8 Å². The van der Waals surface area contributed by atoms with E-state index in [4.69, 9.17) is 0 Å². The number of likely N-dealkylation sites (tertiary alicyclic amines) is 2. The Kier molecular flexibility index (Phi) is 7.48. The zero-order valence-corrected chi connectivity index (χ0v) is 20.6. The van der Waals surface area contributed by atoms with Crippen molar-refractivity contribution in [3.63, 3.8) is 0 Å². The molecule has 3 rings (SSSR count). The largest absolute Gasteiger partial charge is 0.342 e. The molecule has 9 nitrogen and oxygen atoms in total. The first-order valence-electron chi connectivity index (χ1n) is 11.4. The number of rotatable bonds is 6. The van der Waals surface area contributed by atoms with Crippen LogP contribution in [0.4, 0.5) is 5.69 Å². The first-order chi connectivity index (χ1) is 15.4. The van der Waals surface area contributed by atoms with E-state index in [-0.39, 0.29) is 46.4 Å². The van der Waals surface area contributed by atoms with Gasteiger partial charge in [-0.25, -0.2) is 13.1 Å². The number of hydrogen-bond donors (Lipinski definition) is 2. The van der Waals surface area contributed by atoms with Gasteiger partial charge in [0, 0.05) is 49.7 Å². The van der Waals surface area contributed by atoms with Crippen LogP contribution in [0.2, 0.25) is 0 Å². The van der Waals surface area contributed by atoms with Gasteiger partial charge in [0.15, 0.2) is 0 Å². The van der Waals surface area contributed by atoms with Crippen LogP contribution in [0.5, 0.6) is 0 Å². The fourth-order valence-corrected chi connectivity index (χ4v) is 5.42. The second-order valence-electron chi connectivity index (χ2n) is 9.69. The van der Waals surface area contributed by atoms with Gasteiger partial charge in [0.1, 0.15) is 0 Å². The summed E-state index contributed by atoms with van der Waals surface area (Å²) in [6.45, 7) is 9.32. The molecule has 0 aromatic heterocycles. The van der Waals surface area contributed by atoms with Crippen molar-refractivity contribution in [3.05, 3.63) is 24.3 Å². The van der Waals surface area contributed by atoms with E-state index in [1.165, 1.54) is 12.1 Å². The van der Waals surface area contributed by atoms with Crippen molar-refractivity contribution >= 4 is 33.4 Å². The predicted octanol–water partition coefficient (Wildman–Crippen LogP) is 1.81. The standard InChI is InChI=1S/C23H34N4O5S/c1-5-24-33(31,32)19-8-6-18(7-9-19)25-21(29)16-10-12-26(13-11-16)22(30)17-14-20(28)27(15-17)23(2,3)4/h6-9,16-17,24H,5,10-15H2,1-4H3,(H,25,29). The lowest BCUT2D eigenvalue weighted by atomic mass is 9.94. The van der Waals surface area contributed by atoms with Crippen LogP contribution in [-0.2, 0) is 24.4 Å². The summed E-state index contributed by atoms with van der Waals surface area (Å²) in [5, 5.41) is 2.84. The topological polar surface area (TPSA) is 116 Å². The molecule has 0 saturated carbocycles. The summed E-state index contributed by atoms with van der Waals surface area (Å²) in [5.41, 5.74) is 0.229. The van der Waals surface area contributed by atoms with Crippen LogP contribution in [0.1, 0.15) is 47.0 Å². The van der Waals surface area contributed by atoms with Gasteiger partial charge in [0.2, 0.25) is 27.7 Å². The first-order valence-corrected chi connectivity index (χ1v) is 12.9. The number of benzene rings is 1. The highest BCUT2D eigenvalue weighted by molar-refractivity contribution is 7.89. The molecular formula is C23H34N4O5S. The van der Waals surface area contributed by atoms with Crippen LogP contribution < -0.4 is 10.0 Å². The smallest absolute Gasteiger partial charge is 0.240 e. The quantitative estimate of drug-likeness (QED) is 0.647. The molecule has 1 atom stereocenters. The summed E-state index contributed by atoms with van der Waals surface area (Å²) < 4.78 is 26.5. The minimum atomic E-state index is -3.54. The highest BCUT2D eigenvalue weighted by Gasteiger charge is 2.41.